The molecule has 8 heteroatoms. The van der Waals surface area contributed by atoms with Gasteiger partial charge in [-0.05, 0) is 19.3 Å². The van der Waals surface area contributed by atoms with Crippen molar-refractivity contribution in [1.29, 1.82) is 0 Å². The fraction of sp³-hybridized carbons (Fsp3) is 0.950. The first-order chi connectivity index (χ1) is 33.5. The van der Waals surface area contributed by atoms with Crippen LogP contribution in [0.3, 0.4) is 0 Å². The number of hydrogen-bond donors (Lipinski definition) is 1. The zero-order chi connectivity index (χ0) is 49.2. The number of esters is 3. The highest BCUT2D eigenvalue weighted by Crippen LogP contribution is 2.27. The van der Waals surface area contributed by atoms with E-state index in [1.165, 1.54) is 231 Å². The maximum Gasteiger partial charge on any atom is 0.306 e. The van der Waals surface area contributed by atoms with Crippen molar-refractivity contribution < 1.29 is 38.4 Å². The molecule has 0 amide bonds. The van der Waals surface area contributed by atoms with Gasteiger partial charge in [0.05, 0.1) is 13.2 Å². The highest BCUT2D eigenvalue weighted by atomic mass is 16.6. The van der Waals surface area contributed by atoms with Crippen LogP contribution in [0.25, 0.3) is 0 Å². The van der Waals surface area contributed by atoms with E-state index in [-0.39, 0.29) is 37.4 Å². The van der Waals surface area contributed by atoms with Crippen LogP contribution in [0.2, 0.25) is 0 Å². The molecule has 1 N–H and O–H groups in total. The lowest BCUT2D eigenvalue weighted by Crippen LogP contribution is -2.46. The number of hydrogen-bond acceptors (Lipinski definition) is 8. The summed E-state index contributed by atoms with van der Waals surface area (Å²) in [5.74, 6) is -1.09. The Kier molecular flexibility index (Phi) is 47.6. The predicted molar refractivity (Wildman–Crippen MR) is 285 cm³/mol. The summed E-state index contributed by atoms with van der Waals surface area (Å²) in [6.07, 6.45) is 53.6. The third kappa shape index (κ3) is 40.0. The molecule has 0 radical (unpaired) electrons. The minimum atomic E-state index is -1.01. The van der Waals surface area contributed by atoms with Gasteiger partial charge in [0.25, 0.3) is 0 Å². The highest BCUT2D eigenvalue weighted by Gasteiger charge is 2.47. The molecule has 0 spiro atoms. The van der Waals surface area contributed by atoms with E-state index >= 15 is 0 Å². The van der Waals surface area contributed by atoms with E-state index in [0.717, 1.165) is 57.8 Å². The third-order valence-corrected chi connectivity index (χ3v) is 14.5. The minimum absolute atomic E-state index is 0.0271. The molecule has 0 aromatic rings. The van der Waals surface area contributed by atoms with Crippen molar-refractivity contribution in [3.8, 4) is 0 Å². The molecule has 1 saturated heterocycles. The van der Waals surface area contributed by atoms with Gasteiger partial charge in [0.2, 0.25) is 0 Å². The second-order valence-electron chi connectivity index (χ2n) is 21.1. The standard InChI is InChI=1S/C60H114O8/c1-4-7-10-13-16-19-22-25-28-31-34-37-40-43-46-49-56(62)66-54(52-61)59-60(68-58(64)51-48-45-42-39-36-33-30-27-24-21-18-15-12-9-6-3)55(53-65-59)67-57(63)50-47-44-41-38-35-32-29-26-23-20-17-14-11-8-5-2/h54-55,59-61H,4-53H2,1-3H3/t54-,55+,59-,60-/m0/s1. The molecule has 4 atom stereocenters. The van der Waals surface area contributed by atoms with Crippen LogP contribution in [0.4, 0.5) is 0 Å². The number of aliphatic hydroxyl groups excluding tert-OH is 1. The van der Waals surface area contributed by atoms with E-state index in [2.05, 4.69) is 20.8 Å². The molecular weight excluding hydrogens is 849 g/mol. The molecule has 0 aromatic heterocycles. The maximum atomic E-state index is 13.3. The SMILES string of the molecule is CCCCCCCCCCCCCCCCCC(=O)O[C@@H]1[C@H]([C@H](CO)OC(=O)CCCCCCCCCCCCCCCCC)OC[C@H]1OC(=O)CCCCCCCCCCCCCCCCC. The topological polar surface area (TPSA) is 108 Å². The van der Waals surface area contributed by atoms with Crippen molar-refractivity contribution in [3.05, 3.63) is 0 Å². The number of carbonyl (C=O) groups is 3. The zero-order valence-corrected chi connectivity index (χ0v) is 45.5. The van der Waals surface area contributed by atoms with Gasteiger partial charge in [-0.1, -0.05) is 290 Å². The van der Waals surface area contributed by atoms with Crippen LogP contribution in [0.5, 0.6) is 0 Å². The Labute approximate surface area is 421 Å². The van der Waals surface area contributed by atoms with Crippen molar-refractivity contribution in [2.75, 3.05) is 13.2 Å². The van der Waals surface area contributed by atoms with Crippen LogP contribution >= 0.6 is 0 Å². The summed E-state index contributed by atoms with van der Waals surface area (Å²) in [4.78, 5) is 39.3. The van der Waals surface area contributed by atoms with Gasteiger partial charge in [0, 0.05) is 19.3 Å². The molecule has 1 aliphatic heterocycles. The van der Waals surface area contributed by atoms with Gasteiger partial charge in [0.15, 0.2) is 18.3 Å². The molecule has 402 valence electrons. The molecule has 8 nitrogen and oxygen atoms in total. The molecule has 1 heterocycles. The Morgan fingerprint density at radius 2 is 0.632 bits per heavy atom. The number of rotatable bonds is 53. The largest absolute Gasteiger partial charge is 0.457 e. The molecule has 68 heavy (non-hydrogen) atoms. The summed E-state index contributed by atoms with van der Waals surface area (Å²) >= 11 is 0. The summed E-state index contributed by atoms with van der Waals surface area (Å²) in [6, 6.07) is 0. The number of carbonyl (C=O) groups excluding carboxylic acids is 3. The summed E-state index contributed by atoms with van der Waals surface area (Å²) in [6.45, 7) is 6.37. The Balaban J connectivity index is 2.46. The lowest BCUT2D eigenvalue weighted by atomic mass is 10.0. The lowest BCUT2D eigenvalue weighted by Gasteiger charge is -2.28. The smallest absolute Gasteiger partial charge is 0.306 e. The monoisotopic (exact) mass is 963 g/mol. The highest BCUT2D eigenvalue weighted by molar-refractivity contribution is 5.71. The van der Waals surface area contributed by atoms with Gasteiger partial charge in [0.1, 0.15) is 6.10 Å². The fourth-order valence-corrected chi connectivity index (χ4v) is 9.97. The average molecular weight is 964 g/mol. The van der Waals surface area contributed by atoms with Gasteiger partial charge in [-0.3, -0.25) is 14.4 Å². The molecule has 0 bridgehead atoms. The first kappa shape index (κ1) is 64.3. The van der Waals surface area contributed by atoms with Crippen LogP contribution in [-0.2, 0) is 33.3 Å². The third-order valence-electron chi connectivity index (χ3n) is 14.5. The lowest BCUT2D eigenvalue weighted by molar-refractivity contribution is -0.175. The molecule has 1 rings (SSSR count). The second-order valence-corrected chi connectivity index (χ2v) is 21.1. The second kappa shape index (κ2) is 50.3. The Morgan fingerprint density at radius 3 is 0.912 bits per heavy atom. The molecule has 1 aliphatic rings. The molecule has 0 aliphatic carbocycles. The zero-order valence-electron chi connectivity index (χ0n) is 45.5. The van der Waals surface area contributed by atoms with Crippen molar-refractivity contribution >= 4 is 17.9 Å². The quantitative estimate of drug-likeness (QED) is 0.0365. The normalized spacial score (nSPS) is 16.3. The number of aliphatic hydroxyl groups is 1. The minimum Gasteiger partial charge on any atom is -0.457 e. The molecule has 0 aromatic carbocycles. The average Bonchev–Trinajstić information content (AvgIpc) is 3.72. The molecule has 0 unspecified atom stereocenters. The number of unbranched alkanes of at least 4 members (excludes halogenated alkanes) is 42. The molecule has 0 saturated carbocycles. The van der Waals surface area contributed by atoms with Crippen molar-refractivity contribution in [2.24, 2.45) is 0 Å². The fourth-order valence-electron chi connectivity index (χ4n) is 9.97. The number of ether oxygens (including phenoxy) is 4. The van der Waals surface area contributed by atoms with Crippen molar-refractivity contribution in [3.63, 3.8) is 0 Å². The molecule has 1 fully saturated rings. The van der Waals surface area contributed by atoms with Crippen LogP contribution in [0, 0.1) is 0 Å². The molecular formula is C60H114O8. The first-order valence-electron chi connectivity index (χ1n) is 30.3. The van der Waals surface area contributed by atoms with E-state index in [9.17, 15) is 19.5 Å². The van der Waals surface area contributed by atoms with E-state index in [1.54, 1.807) is 0 Å². The maximum absolute atomic E-state index is 13.3. The van der Waals surface area contributed by atoms with Gasteiger partial charge in [-0.15, -0.1) is 0 Å². The summed E-state index contributed by atoms with van der Waals surface area (Å²) in [7, 11) is 0. The van der Waals surface area contributed by atoms with Gasteiger partial charge >= 0.3 is 17.9 Å². The van der Waals surface area contributed by atoms with Crippen LogP contribution in [0.1, 0.15) is 329 Å². The Morgan fingerprint density at radius 1 is 0.382 bits per heavy atom. The van der Waals surface area contributed by atoms with E-state index < -0.39 is 31.0 Å². The summed E-state index contributed by atoms with van der Waals surface area (Å²) < 4.78 is 23.7. The van der Waals surface area contributed by atoms with Crippen LogP contribution in [0.15, 0.2) is 0 Å². The van der Waals surface area contributed by atoms with E-state index in [4.69, 9.17) is 18.9 Å². The van der Waals surface area contributed by atoms with Gasteiger partial charge < -0.3 is 24.1 Å². The predicted octanol–water partition coefficient (Wildman–Crippen LogP) is 17.9. The van der Waals surface area contributed by atoms with E-state index in [0.29, 0.717) is 6.42 Å². The van der Waals surface area contributed by atoms with Crippen LogP contribution in [-0.4, -0.2) is 60.6 Å². The summed E-state index contributed by atoms with van der Waals surface area (Å²) in [5, 5.41) is 10.4. The van der Waals surface area contributed by atoms with Crippen LogP contribution < -0.4 is 0 Å². The van der Waals surface area contributed by atoms with Gasteiger partial charge in [-0.2, -0.15) is 0 Å². The Bertz CT molecular complexity index is 1100. The van der Waals surface area contributed by atoms with Gasteiger partial charge in [-0.25, -0.2) is 0 Å². The Hall–Kier alpha value is -1.67. The van der Waals surface area contributed by atoms with E-state index in [1.807, 2.05) is 0 Å². The van der Waals surface area contributed by atoms with Crippen molar-refractivity contribution in [1.82, 2.24) is 0 Å². The first-order valence-corrected chi connectivity index (χ1v) is 30.3. The summed E-state index contributed by atoms with van der Waals surface area (Å²) in [5.41, 5.74) is 0. The van der Waals surface area contributed by atoms with Crippen molar-refractivity contribution in [2.45, 2.75) is 353 Å².